The zero-order valence-corrected chi connectivity index (χ0v) is 13.4. The average Bonchev–Trinajstić information content (AvgIpc) is 2.78. The molecule has 1 aliphatic heterocycles. The molecular formula is C14H24N4O2S. The molecule has 7 heteroatoms. The van der Waals surface area contributed by atoms with E-state index in [1.54, 1.807) is 0 Å². The van der Waals surface area contributed by atoms with Crippen molar-refractivity contribution in [1.82, 2.24) is 14.8 Å². The Balaban J connectivity index is 1.76. The summed E-state index contributed by atoms with van der Waals surface area (Å²) in [6, 6.07) is 0. The Labute approximate surface area is 129 Å². The Bertz CT molecular complexity index is 470. The summed E-state index contributed by atoms with van der Waals surface area (Å²) in [7, 11) is 0. The highest BCUT2D eigenvalue weighted by molar-refractivity contribution is 7.15. The number of unbranched alkanes of at least 4 members (excludes halogenated alkanes) is 1. The molecule has 118 valence electrons. The first-order chi connectivity index (χ1) is 10.1. The molecule has 3 N–H and O–H groups in total. The molecule has 0 saturated carbocycles. The largest absolute Gasteiger partial charge is 0.396 e. The average molecular weight is 312 g/mol. The number of nitrogens with zero attached hydrogens (tertiary/aromatic N) is 3. The van der Waals surface area contributed by atoms with Crippen LogP contribution in [0.25, 0.3) is 0 Å². The van der Waals surface area contributed by atoms with Crippen molar-refractivity contribution >= 4 is 22.4 Å². The van der Waals surface area contributed by atoms with Gasteiger partial charge in [0.25, 0.3) is 0 Å². The van der Waals surface area contributed by atoms with Gasteiger partial charge in [0.15, 0.2) is 5.13 Å². The van der Waals surface area contributed by atoms with Crippen molar-refractivity contribution in [2.75, 3.05) is 45.1 Å². The molecule has 1 aromatic rings. The van der Waals surface area contributed by atoms with Crippen LogP contribution in [-0.4, -0.2) is 65.1 Å². The van der Waals surface area contributed by atoms with Crippen LogP contribution in [-0.2, 0) is 11.2 Å². The van der Waals surface area contributed by atoms with Crippen molar-refractivity contribution in [2.24, 2.45) is 0 Å². The van der Waals surface area contributed by atoms with E-state index >= 15 is 0 Å². The van der Waals surface area contributed by atoms with Crippen LogP contribution in [0.3, 0.4) is 0 Å². The molecule has 6 nitrogen and oxygen atoms in total. The quantitative estimate of drug-likeness (QED) is 0.747. The number of nitrogen functional groups attached to an aromatic ring is 1. The molecule has 0 radical (unpaired) electrons. The van der Waals surface area contributed by atoms with Gasteiger partial charge in [0.05, 0.1) is 12.1 Å². The van der Waals surface area contributed by atoms with E-state index in [1.165, 1.54) is 11.3 Å². The number of hydrogen-bond acceptors (Lipinski definition) is 6. The van der Waals surface area contributed by atoms with Gasteiger partial charge in [-0.25, -0.2) is 4.98 Å². The van der Waals surface area contributed by atoms with Crippen molar-refractivity contribution in [3.8, 4) is 0 Å². The Morgan fingerprint density at radius 2 is 2.05 bits per heavy atom. The van der Waals surface area contributed by atoms with Crippen molar-refractivity contribution in [3.05, 3.63) is 10.6 Å². The zero-order chi connectivity index (χ0) is 15.2. The number of carbonyl (C=O) groups excluding carboxylic acids is 1. The molecule has 0 bridgehead atoms. The summed E-state index contributed by atoms with van der Waals surface area (Å²) in [6.07, 6.45) is 2.28. The second-order valence-electron chi connectivity index (χ2n) is 5.39. The highest BCUT2D eigenvalue weighted by Gasteiger charge is 2.22. The van der Waals surface area contributed by atoms with E-state index in [0.29, 0.717) is 11.6 Å². The lowest BCUT2D eigenvalue weighted by atomic mass is 10.2. The molecule has 1 amide bonds. The number of aromatic nitrogens is 1. The number of aliphatic hydroxyl groups excluding tert-OH is 1. The second kappa shape index (κ2) is 7.72. The summed E-state index contributed by atoms with van der Waals surface area (Å²) in [5.74, 6) is 0.164. The van der Waals surface area contributed by atoms with Crippen LogP contribution in [0.2, 0.25) is 0 Å². The Morgan fingerprint density at radius 1 is 1.33 bits per heavy atom. The van der Waals surface area contributed by atoms with Crippen LogP contribution in [0.1, 0.15) is 23.4 Å². The molecule has 0 spiro atoms. The van der Waals surface area contributed by atoms with Crippen LogP contribution < -0.4 is 5.73 Å². The van der Waals surface area contributed by atoms with E-state index in [9.17, 15) is 4.79 Å². The first-order valence-electron chi connectivity index (χ1n) is 7.43. The van der Waals surface area contributed by atoms with Crippen LogP contribution >= 0.6 is 11.3 Å². The van der Waals surface area contributed by atoms with Crippen LogP contribution in [0.15, 0.2) is 0 Å². The smallest absolute Gasteiger partial charge is 0.227 e. The van der Waals surface area contributed by atoms with Gasteiger partial charge < -0.3 is 15.7 Å². The van der Waals surface area contributed by atoms with E-state index in [1.807, 2.05) is 11.8 Å². The molecular weight excluding hydrogens is 288 g/mol. The zero-order valence-electron chi connectivity index (χ0n) is 12.5. The number of thiazole rings is 1. The fourth-order valence-corrected chi connectivity index (χ4v) is 3.36. The third-order valence-corrected chi connectivity index (χ3v) is 4.82. The summed E-state index contributed by atoms with van der Waals surface area (Å²) in [4.78, 5) is 21.7. The summed E-state index contributed by atoms with van der Waals surface area (Å²) in [6.45, 7) is 6.57. The lowest BCUT2D eigenvalue weighted by molar-refractivity contribution is -0.132. The van der Waals surface area contributed by atoms with Gasteiger partial charge in [-0.05, 0) is 26.3 Å². The Kier molecular flexibility index (Phi) is 5.96. The first-order valence-corrected chi connectivity index (χ1v) is 8.24. The highest BCUT2D eigenvalue weighted by Crippen LogP contribution is 2.21. The van der Waals surface area contributed by atoms with E-state index in [4.69, 9.17) is 10.8 Å². The summed E-state index contributed by atoms with van der Waals surface area (Å²) in [5.41, 5.74) is 6.54. The van der Waals surface area contributed by atoms with Crippen LogP contribution in [0.5, 0.6) is 0 Å². The van der Waals surface area contributed by atoms with Gasteiger partial charge in [0.1, 0.15) is 0 Å². The van der Waals surface area contributed by atoms with Gasteiger partial charge in [0, 0.05) is 37.7 Å². The number of aryl methyl sites for hydroxylation is 1. The predicted molar refractivity (Wildman–Crippen MR) is 84.3 cm³/mol. The summed E-state index contributed by atoms with van der Waals surface area (Å²) >= 11 is 1.41. The van der Waals surface area contributed by atoms with Crippen LogP contribution in [0, 0.1) is 6.92 Å². The minimum Gasteiger partial charge on any atom is -0.396 e. The molecule has 0 unspecified atom stereocenters. The number of carbonyl (C=O) groups is 1. The lowest BCUT2D eigenvalue weighted by Gasteiger charge is -2.34. The maximum Gasteiger partial charge on any atom is 0.227 e. The van der Waals surface area contributed by atoms with Gasteiger partial charge >= 0.3 is 0 Å². The molecule has 1 aliphatic rings. The normalized spacial score (nSPS) is 16.4. The van der Waals surface area contributed by atoms with Crippen molar-refractivity contribution < 1.29 is 9.90 Å². The molecule has 1 fully saturated rings. The number of nitrogens with two attached hydrogens (primary N) is 1. The molecule has 21 heavy (non-hydrogen) atoms. The predicted octanol–water partition coefficient (Wildman–Crippen LogP) is 0.493. The lowest BCUT2D eigenvalue weighted by Crippen LogP contribution is -2.49. The highest BCUT2D eigenvalue weighted by atomic mass is 32.1. The Morgan fingerprint density at radius 3 is 2.62 bits per heavy atom. The first kappa shape index (κ1) is 16.2. The molecule has 1 saturated heterocycles. The minimum atomic E-state index is 0.164. The van der Waals surface area contributed by atoms with E-state index in [2.05, 4.69) is 9.88 Å². The molecule has 0 aromatic carbocycles. The molecule has 0 atom stereocenters. The molecule has 2 rings (SSSR count). The monoisotopic (exact) mass is 312 g/mol. The maximum atomic E-state index is 12.3. The van der Waals surface area contributed by atoms with Gasteiger partial charge in [-0.3, -0.25) is 9.69 Å². The van der Waals surface area contributed by atoms with Crippen molar-refractivity contribution in [1.29, 1.82) is 0 Å². The second-order valence-corrected chi connectivity index (χ2v) is 6.51. The van der Waals surface area contributed by atoms with E-state index in [-0.39, 0.29) is 12.5 Å². The molecule has 2 heterocycles. The van der Waals surface area contributed by atoms with Gasteiger partial charge in [-0.1, -0.05) is 0 Å². The number of anilines is 1. The van der Waals surface area contributed by atoms with Crippen molar-refractivity contribution in [3.63, 3.8) is 0 Å². The van der Waals surface area contributed by atoms with Crippen LogP contribution in [0.4, 0.5) is 5.13 Å². The maximum absolute atomic E-state index is 12.3. The fourth-order valence-electron chi connectivity index (χ4n) is 2.53. The Hall–Kier alpha value is -1.18. The SMILES string of the molecule is Cc1nc(N)sc1CC(=O)N1CCN(CCCCO)CC1. The van der Waals surface area contributed by atoms with Gasteiger partial charge in [0.2, 0.25) is 5.91 Å². The van der Waals surface area contributed by atoms with E-state index < -0.39 is 0 Å². The summed E-state index contributed by atoms with van der Waals surface area (Å²) < 4.78 is 0. The third kappa shape index (κ3) is 4.66. The minimum absolute atomic E-state index is 0.164. The molecule has 1 aromatic heterocycles. The number of amides is 1. The van der Waals surface area contributed by atoms with E-state index in [0.717, 1.165) is 56.1 Å². The van der Waals surface area contributed by atoms with Gasteiger partial charge in [-0.2, -0.15) is 0 Å². The number of rotatable bonds is 6. The summed E-state index contributed by atoms with van der Waals surface area (Å²) in [5, 5.41) is 9.32. The van der Waals surface area contributed by atoms with Crippen molar-refractivity contribution in [2.45, 2.75) is 26.2 Å². The standard InChI is InChI=1S/C14H24N4O2S/c1-11-12(21-14(15)16-11)10-13(20)18-7-5-17(6-8-18)4-2-3-9-19/h19H,2-10H2,1H3,(H2,15,16). The molecule has 0 aliphatic carbocycles. The van der Waals surface area contributed by atoms with Gasteiger partial charge in [-0.15, -0.1) is 11.3 Å². The number of aliphatic hydroxyl groups is 1. The number of hydrogen-bond donors (Lipinski definition) is 2. The third-order valence-electron chi connectivity index (χ3n) is 3.83. The topological polar surface area (TPSA) is 82.7 Å². The number of piperazine rings is 1. The fraction of sp³-hybridized carbons (Fsp3) is 0.714.